The van der Waals surface area contributed by atoms with E-state index in [4.69, 9.17) is 10.5 Å². The van der Waals surface area contributed by atoms with E-state index < -0.39 is 11.7 Å². The third-order valence-electron chi connectivity index (χ3n) is 4.42. The maximum Gasteiger partial charge on any atom is 0.229 e. The topological polar surface area (TPSA) is 93.2 Å². The number of hydrogen-bond acceptors (Lipinski definition) is 5. The average molecular weight is 328 g/mol. The molecule has 0 radical (unpaired) electrons. The molecule has 2 N–H and O–H groups in total. The molecule has 2 aromatic rings. The van der Waals surface area contributed by atoms with Gasteiger partial charge in [0.15, 0.2) is 11.5 Å². The van der Waals surface area contributed by atoms with Crippen LogP contribution in [0.25, 0.3) is 0 Å². The maximum atomic E-state index is 13.1. The number of nitrogens with two attached hydrogens (primary N) is 1. The van der Waals surface area contributed by atoms with E-state index in [0.717, 1.165) is 0 Å². The van der Waals surface area contributed by atoms with Gasteiger partial charge in [0.2, 0.25) is 11.7 Å². The van der Waals surface area contributed by atoms with E-state index in [0.29, 0.717) is 11.1 Å². The van der Waals surface area contributed by atoms with E-state index >= 15 is 0 Å². The molecule has 4 rings (SSSR count). The molecule has 2 aromatic carbocycles. The molecular weight excluding hydrogens is 316 g/mol. The number of ether oxygens (including phenoxy) is 1. The van der Waals surface area contributed by atoms with Crippen molar-refractivity contribution in [1.29, 1.82) is 5.26 Å². The van der Waals surface area contributed by atoms with Crippen LogP contribution in [0.15, 0.2) is 77.4 Å². The molecule has 0 saturated heterocycles. The lowest BCUT2D eigenvalue weighted by Gasteiger charge is -2.30. The van der Waals surface area contributed by atoms with Gasteiger partial charge >= 0.3 is 0 Å². The molecule has 0 fully saturated rings. The highest BCUT2D eigenvalue weighted by atomic mass is 16.5. The zero-order valence-electron chi connectivity index (χ0n) is 13.0. The number of ketones is 2. The molecule has 2 aliphatic rings. The van der Waals surface area contributed by atoms with Crippen molar-refractivity contribution in [2.24, 2.45) is 5.73 Å². The van der Waals surface area contributed by atoms with E-state index in [1.165, 1.54) is 0 Å². The van der Waals surface area contributed by atoms with Crippen LogP contribution in [0.4, 0.5) is 0 Å². The minimum atomic E-state index is -0.722. The standard InChI is InChI=1S/C20H12N2O3/c21-10-14-15(11-6-2-1-3-7-11)16-17(23)12-8-4-5-9-13(12)18(24)19(16)25-20(14)22/h1-9,15H,22H2/t15-/m1/s1. The molecule has 1 aliphatic heterocycles. The Balaban J connectivity index is 1.99. The van der Waals surface area contributed by atoms with Crippen LogP contribution in [0.1, 0.15) is 32.2 Å². The first-order valence-corrected chi connectivity index (χ1v) is 7.68. The number of nitriles is 1. The first-order chi connectivity index (χ1) is 12.1. The molecule has 1 heterocycles. The monoisotopic (exact) mass is 328 g/mol. The molecule has 5 heteroatoms. The fraction of sp³-hybridized carbons (Fsp3) is 0.0500. The Morgan fingerprint density at radius 2 is 1.52 bits per heavy atom. The Labute approximate surface area is 143 Å². The molecule has 0 amide bonds. The molecule has 5 nitrogen and oxygen atoms in total. The van der Waals surface area contributed by atoms with Gasteiger partial charge in [-0.1, -0.05) is 54.6 Å². The first-order valence-electron chi connectivity index (χ1n) is 7.68. The van der Waals surface area contributed by atoms with Crippen molar-refractivity contribution in [3.8, 4) is 6.07 Å². The third kappa shape index (κ3) is 2.08. The summed E-state index contributed by atoms with van der Waals surface area (Å²) in [4.78, 5) is 25.9. The van der Waals surface area contributed by atoms with Crippen molar-refractivity contribution in [3.05, 3.63) is 94.1 Å². The fourth-order valence-electron chi connectivity index (χ4n) is 3.29. The summed E-state index contributed by atoms with van der Waals surface area (Å²) in [5, 5.41) is 9.54. The lowest BCUT2D eigenvalue weighted by atomic mass is 9.75. The predicted molar refractivity (Wildman–Crippen MR) is 89.2 cm³/mol. The summed E-state index contributed by atoms with van der Waals surface area (Å²) in [7, 11) is 0. The van der Waals surface area contributed by atoms with Gasteiger partial charge in [0.1, 0.15) is 11.6 Å². The number of allylic oxidation sites excluding steroid dienone is 3. The smallest absolute Gasteiger partial charge is 0.229 e. The largest absolute Gasteiger partial charge is 0.436 e. The number of fused-ring (bicyclic) bond motifs is 1. The number of carbonyl (C=O) groups excluding carboxylic acids is 2. The first kappa shape index (κ1) is 14.9. The van der Waals surface area contributed by atoms with Crippen LogP contribution >= 0.6 is 0 Å². The molecule has 120 valence electrons. The van der Waals surface area contributed by atoms with Crippen LogP contribution in [0.3, 0.4) is 0 Å². The molecule has 0 saturated carbocycles. The van der Waals surface area contributed by atoms with Gasteiger partial charge in [-0.2, -0.15) is 5.26 Å². The van der Waals surface area contributed by atoms with Crippen LogP contribution in [-0.2, 0) is 4.74 Å². The summed E-state index contributed by atoms with van der Waals surface area (Å²) in [6.45, 7) is 0. The SMILES string of the molecule is N#CC1=C(N)OC2=C(C(=O)c3ccccc3C2=O)[C@@H]1c1ccccc1. The van der Waals surface area contributed by atoms with E-state index in [1.807, 2.05) is 12.1 Å². The van der Waals surface area contributed by atoms with Gasteiger partial charge < -0.3 is 10.5 Å². The van der Waals surface area contributed by atoms with Crippen LogP contribution in [0.5, 0.6) is 0 Å². The fourth-order valence-corrected chi connectivity index (χ4v) is 3.29. The predicted octanol–water partition coefficient (Wildman–Crippen LogP) is 2.83. The zero-order valence-corrected chi connectivity index (χ0v) is 13.0. The summed E-state index contributed by atoms with van der Waals surface area (Å²) in [6, 6.07) is 17.6. The van der Waals surface area contributed by atoms with Crippen molar-refractivity contribution in [3.63, 3.8) is 0 Å². The average Bonchev–Trinajstić information content (AvgIpc) is 2.66. The second-order valence-electron chi connectivity index (χ2n) is 5.78. The zero-order chi connectivity index (χ0) is 17.6. The second-order valence-corrected chi connectivity index (χ2v) is 5.78. The Morgan fingerprint density at radius 3 is 2.16 bits per heavy atom. The number of hydrogen-bond donors (Lipinski definition) is 1. The quantitative estimate of drug-likeness (QED) is 0.869. The molecular formula is C20H12N2O3. The Kier molecular flexibility index (Phi) is 3.26. The van der Waals surface area contributed by atoms with Crippen molar-refractivity contribution in [2.75, 3.05) is 0 Å². The van der Waals surface area contributed by atoms with Crippen LogP contribution in [0.2, 0.25) is 0 Å². The van der Waals surface area contributed by atoms with E-state index in [1.54, 1.807) is 48.5 Å². The highest BCUT2D eigenvalue weighted by Crippen LogP contribution is 2.43. The summed E-state index contributed by atoms with van der Waals surface area (Å²) in [5.74, 6) is -1.67. The Morgan fingerprint density at radius 1 is 0.920 bits per heavy atom. The maximum absolute atomic E-state index is 13.1. The van der Waals surface area contributed by atoms with Crippen LogP contribution in [-0.4, -0.2) is 11.6 Å². The van der Waals surface area contributed by atoms with Crippen LogP contribution in [0, 0.1) is 11.3 Å². The lowest BCUT2D eigenvalue weighted by molar-refractivity contribution is 0.0897. The number of rotatable bonds is 1. The summed E-state index contributed by atoms with van der Waals surface area (Å²) < 4.78 is 5.43. The van der Waals surface area contributed by atoms with Crippen LogP contribution < -0.4 is 5.73 Å². The van der Waals surface area contributed by atoms with Crippen molar-refractivity contribution in [2.45, 2.75) is 5.92 Å². The molecule has 1 aliphatic carbocycles. The van der Waals surface area contributed by atoms with E-state index in [-0.39, 0.29) is 34.1 Å². The highest BCUT2D eigenvalue weighted by Gasteiger charge is 2.43. The molecule has 25 heavy (non-hydrogen) atoms. The van der Waals surface area contributed by atoms with E-state index in [2.05, 4.69) is 0 Å². The summed E-state index contributed by atoms with van der Waals surface area (Å²) in [6.07, 6.45) is 0. The minimum Gasteiger partial charge on any atom is -0.436 e. The van der Waals surface area contributed by atoms with Gasteiger partial charge in [-0.15, -0.1) is 0 Å². The highest BCUT2D eigenvalue weighted by molar-refractivity contribution is 6.27. The Hall–Kier alpha value is -3.65. The lowest BCUT2D eigenvalue weighted by Crippen LogP contribution is -2.32. The van der Waals surface area contributed by atoms with Gasteiger partial charge in [-0.3, -0.25) is 9.59 Å². The number of benzene rings is 2. The summed E-state index contributed by atoms with van der Waals surface area (Å²) >= 11 is 0. The molecule has 0 spiro atoms. The van der Waals surface area contributed by atoms with Crippen molar-refractivity contribution < 1.29 is 14.3 Å². The second kappa shape index (κ2) is 5.46. The molecule has 0 aromatic heterocycles. The van der Waals surface area contributed by atoms with Gasteiger partial charge in [0.05, 0.1) is 11.5 Å². The Bertz CT molecular complexity index is 1030. The molecule has 0 unspecified atom stereocenters. The third-order valence-corrected chi connectivity index (χ3v) is 4.42. The van der Waals surface area contributed by atoms with Gasteiger partial charge in [0, 0.05) is 11.1 Å². The summed E-state index contributed by atoms with van der Waals surface area (Å²) in [5.41, 5.74) is 7.49. The van der Waals surface area contributed by atoms with Crippen molar-refractivity contribution >= 4 is 11.6 Å². The number of Topliss-reactive ketones (excluding diaryl/α,β-unsaturated/α-hetero) is 2. The van der Waals surface area contributed by atoms with Gasteiger partial charge in [-0.25, -0.2) is 0 Å². The molecule has 0 bridgehead atoms. The van der Waals surface area contributed by atoms with Gasteiger partial charge in [-0.05, 0) is 5.56 Å². The molecule has 1 atom stereocenters. The van der Waals surface area contributed by atoms with Crippen molar-refractivity contribution in [1.82, 2.24) is 0 Å². The van der Waals surface area contributed by atoms with E-state index in [9.17, 15) is 14.9 Å². The van der Waals surface area contributed by atoms with Gasteiger partial charge in [0.25, 0.3) is 0 Å². The number of carbonyl (C=O) groups is 2. The normalized spacial score (nSPS) is 19.1. The minimum absolute atomic E-state index is 0.0888. The number of nitrogens with zero attached hydrogens (tertiary/aromatic N) is 1.